The zero-order valence-corrected chi connectivity index (χ0v) is 8.69. The molecule has 1 heterocycles. The molecule has 1 spiro atoms. The van der Waals surface area contributed by atoms with Gasteiger partial charge in [-0.15, -0.1) is 0 Å². The molecular formula is C10H15F2NO2. The summed E-state index contributed by atoms with van der Waals surface area (Å²) in [5, 5.41) is 3.02. The Morgan fingerprint density at radius 1 is 1.47 bits per heavy atom. The third kappa shape index (κ3) is 1.36. The Labute approximate surface area is 87.2 Å². The summed E-state index contributed by atoms with van der Waals surface area (Å²) >= 11 is 0. The standard InChI is InChI=1S/C10H15F2NO2/c1-2-15-8(14)7-9(10(7,11)12)3-5-13-6-4-9/h7,13H,2-6H2,1H3. The SMILES string of the molecule is CCOC(=O)C1C(F)(F)C12CCNCC2. The van der Waals surface area contributed by atoms with Crippen molar-refractivity contribution >= 4 is 5.97 Å². The smallest absolute Gasteiger partial charge is 0.315 e. The van der Waals surface area contributed by atoms with Crippen LogP contribution in [0.2, 0.25) is 0 Å². The summed E-state index contributed by atoms with van der Waals surface area (Å²) in [6, 6.07) is 0. The molecule has 0 aromatic heterocycles. The maximum atomic E-state index is 13.6. The third-order valence-corrected chi connectivity index (χ3v) is 3.51. The van der Waals surface area contributed by atoms with Gasteiger partial charge in [0.15, 0.2) is 0 Å². The lowest BCUT2D eigenvalue weighted by molar-refractivity contribution is -0.147. The van der Waals surface area contributed by atoms with Crippen LogP contribution in [0, 0.1) is 11.3 Å². The number of rotatable bonds is 2. The van der Waals surface area contributed by atoms with Gasteiger partial charge in [0, 0.05) is 0 Å². The van der Waals surface area contributed by atoms with Gasteiger partial charge in [-0.05, 0) is 32.9 Å². The van der Waals surface area contributed by atoms with Crippen molar-refractivity contribution in [3.8, 4) is 0 Å². The fourth-order valence-corrected chi connectivity index (χ4v) is 2.60. The lowest BCUT2D eigenvalue weighted by atomic mass is 9.91. The van der Waals surface area contributed by atoms with Crippen molar-refractivity contribution in [3.63, 3.8) is 0 Å². The zero-order valence-electron chi connectivity index (χ0n) is 8.69. The van der Waals surface area contributed by atoms with Crippen LogP contribution in [0.4, 0.5) is 8.78 Å². The van der Waals surface area contributed by atoms with Crippen molar-refractivity contribution in [3.05, 3.63) is 0 Å². The van der Waals surface area contributed by atoms with Crippen LogP contribution in [0.5, 0.6) is 0 Å². The Balaban J connectivity index is 2.10. The van der Waals surface area contributed by atoms with Gasteiger partial charge in [-0.3, -0.25) is 4.79 Å². The summed E-state index contributed by atoms with van der Waals surface area (Å²) in [5.41, 5.74) is -1.11. The van der Waals surface area contributed by atoms with Gasteiger partial charge in [0.2, 0.25) is 0 Å². The molecule has 1 N–H and O–H groups in total. The Morgan fingerprint density at radius 3 is 2.60 bits per heavy atom. The molecule has 2 fully saturated rings. The van der Waals surface area contributed by atoms with Gasteiger partial charge >= 0.3 is 5.97 Å². The highest BCUT2D eigenvalue weighted by Gasteiger charge is 2.83. The fraction of sp³-hybridized carbons (Fsp3) is 0.900. The van der Waals surface area contributed by atoms with E-state index in [9.17, 15) is 13.6 Å². The van der Waals surface area contributed by atoms with Gasteiger partial charge in [0.25, 0.3) is 5.92 Å². The zero-order chi connectivity index (χ0) is 11.1. The van der Waals surface area contributed by atoms with Crippen molar-refractivity contribution < 1.29 is 18.3 Å². The minimum atomic E-state index is -2.86. The Morgan fingerprint density at radius 2 is 2.07 bits per heavy atom. The topological polar surface area (TPSA) is 38.3 Å². The molecule has 1 unspecified atom stereocenters. The summed E-state index contributed by atoms with van der Waals surface area (Å²) in [5.74, 6) is -4.79. The summed E-state index contributed by atoms with van der Waals surface area (Å²) < 4.78 is 31.9. The molecule has 0 bridgehead atoms. The number of hydrogen-bond acceptors (Lipinski definition) is 3. The summed E-state index contributed by atoms with van der Waals surface area (Å²) in [4.78, 5) is 11.4. The largest absolute Gasteiger partial charge is 0.466 e. The van der Waals surface area contributed by atoms with Gasteiger partial charge in [-0.25, -0.2) is 8.78 Å². The second-order valence-electron chi connectivity index (χ2n) is 4.21. The maximum absolute atomic E-state index is 13.6. The number of esters is 1. The molecule has 1 aliphatic carbocycles. The average molecular weight is 219 g/mol. The highest BCUT2D eigenvalue weighted by Crippen LogP contribution is 2.70. The van der Waals surface area contributed by atoms with Crippen LogP contribution >= 0.6 is 0 Å². The van der Waals surface area contributed by atoms with Crippen LogP contribution in [0.3, 0.4) is 0 Å². The number of carbonyl (C=O) groups is 1. The first-order valence-electron chi connectivity index (χ1n) is 5.31. The lowest BCUT2D eigenvalue weighted by Crippen LogP contribution is -2.32. The van der Waals surface area contributed by atoms with Gasteiger partial charge in [-0.1, -0.05) is 0 Å². The van der Waals surface area contributed by atoms with Crippen molar-refractivity contribution in [2.75, 3.05) is 19.7 Å². The van der Waals surface area contributed by atoms with E-state index in [1.54, 1.807) is 6.92 Å². The molecule has 2 rings (SSSR count). The van der Waals surface area contributed by atoms with Gasteiger partial charge in [-0.2, -0.15) is 0 Å². The number of nitrogens with one attached hydrogen (secondary N) is 1. The number of piperidine rings is 1. The quantitative estimate of drug-likeness (QED) is 0.709. The summed E-state index contributed by atoms with van der Waals surface area (Å²) in [6.07, 6.45) is 0.729. The first kappa shape index (κ1) is 10.8. The van der Waals surface area contributed by atoms with E-state index in [1.807, 2.05) is 0 Å². The summed E-state index contributed by atoms with van der Waals surface area (Å²) in [6.45, 7) is 2.92. The van der Waals surface area contributed by atoms with E-state index < -0.39 is 23.2 Å². The maximum Gasteiger partial charge on any atom is 0.315 e. The second kappa shape index (κ2) is 3.40. The van der Waals surface area contributed by atoms with Crippen molar-refractivity contribution in [1.82, 2.24) is 5.32 Å². The second-order valence-corrected chi connectivity index (χ2v) is 4.21. The van der Waals surface area contributed by atoms with Gasteiger partial charge < -0.3 is 10.1 Å². The highest BCUT2D eigenvalue weighted by molar-refractivity contribution is 5.79. The van der Waals surface area contributed by atoms with E-state index in [4.69, 9.17) is 0 Å². The predicted molar refractivity (Wildman–Crippen MR) is 49.6 cm³/mol. The van der Waals surface area contributed by atoms with Crippen molar-refractivity contribution in [2.45, 2.75) is 25.7 Å². The number of halogens is 2. The van der Waals surface area contributed by atoms with E-state index in [-0.39, 0.29) is 6.61 Å². The van der Waals surface area contributed by atoms with Gasteiger partial charge in [0.05, 0.1) is 12.0 Å². The van der Waals surface area contributed by atoms with E-state index in [0.717, 1.165) is 0 Å². The minimum absolute atomic E-state index is 0.166. The molecule has 0 aromatic carbocycles. The van der Waals surface area contributed by atoms with E-state index in [0.29, 0.717) is 25.9 Å². The van der Waals surface area contributed by atoms with Gasteiger partial charge in [0.1, 0.15) is 5.92 Å². The van der Waals surface area contributed by atoms with Crippen LogP contribution in [-0.2, 0) is 9.53 Å². The minimum Gasteiger partial charge on any atom is -0.466 e. The predicted octanol–water partition coefficient (Wildman–Crippen LogP) is 1.18. The first-order chi connectivity index (χ1) is 7.06. The van der Waals surface area contributed by atoms with Crippen LogP contribution in [-0.4, -0.2) is 31.6 Å². The summed E-state index contributed by atoms with van der Waals surface area (Å²) in [7, 11) is 0. The normalized spacial score (nSPS) is 31.3. The monoisotopic (exact) mass is 219 g/mol. The third-order valence-electron chi connectivity index (χ3n) is 3.51. The highest BCUT2D eigenvalue weighted by atomic mass is 19.3. The molecule has 1 atom stereocenters. The molecule has 5 heteroatoms. The van der Waals surface area contributed by atoms with Crippen LogP contribution in [0.15, 0.2) is 0 Å². The van der Waals surface area contributed by atoms with E-state index >= 15 is 0 Å². The molecule has 1 aliphatic heterocycles. The van der Waals surface area contributed by atoms with E-state index in [2.05, 4.69) is 10.1 Å². The van der Waals surface area contributed by atoms with Crippen LogP contribution in [0.1, 0.15) is 19.8 Å². The molecule has 0 amide bonds. The average Bonchev–Trinajstić information content (AvgIpc) is 2.63. The number of hydrogen-bond donors (Lipinski definition) is 1. The Bertz CT molecular complexity index is 275. The van der Waals surface area contributed by atoms with Crippen molar-refractivity contribution in [1.29, 1.82) is 0 Å². The molecule has 0 aromatic rings. The molecule has 1 saturated heterocycles. The number of carbonyl (C=O) groups excluding carboxylic acids is 1. The van der Waals surface area contributed by atoms with E-state index in [1.165, 1.54) is 0 Å². The molecule has 86 valence electrons. The molecule has 3 nitrogen and oxygen atoms in total. The number of ether oxygens (including phenoxy) is 1. The van der Waals surface area contributed by atoms with Crippen LogP contribution in [0.25, 0.3) is 0 Å². The molecule has 0 radical (unpaired) electrons. The Hall–Kier alpha value is -0.710. The number of alkyl halides is 2. The first-order valence-corrected chi connectivity index (χ1v) is 5.31. The molecule has 1 saturated carbocycles. The molecule has 15 heavy (non-hydrogen) atoms. The molecular weight excluding hydrogens is 204 g/mol. The molecule has 2 aliphatic rings. The Kier molecular flexibility index (Phi) is 2.45. The lowest BCUT2D eigenvalue weighted by Gasteiger charge is -2.22. The van der Waals surface area contributed by atoms with Crippen LogP contribution < -0.4 is 5.32 Å². The fourth-order valence-electron chi connectivity index (χ4n) is 2.60. The van der Waals surface area contributed by atoms with Crippen molar-refractivity contribution in [2.24, 2.45) is 11.3 Å².